The van der Waals surface area contributed by atoms with E-state index in [0.29, 0.717) is 0 Å². The number of carbonyl (C=O) groups is 1. The number of carboxylic acids is 1. The van der Waals surface area contributed by atoms with Crippen LogP contribution >= 0.6 is 0 Å². The molecule has 0 radical (unpaired) electrons. The topological polar surface area (TPSA) is 62.2 Å². The first kappa shape index (κ1) is 14.8. The molecule has 0 saturated heterocycles. The lowest BCUT2D eigenvalue weighted by atomic mass is 10.2. The Bertz CT molecular complexity index is 686. The number of aromatic nitrogens is 1. The van der Waals surface area contributed by atoms with Crippen LogP contribution in [-0.2, 0) is 6.18 Å². The molecule has 0 amide bonds. The van der Waals surface area contributed by atoms with Crippen LogP contribution in [0.15, 0.2) is 36.5 Å². The van der Waals surface area contributed by atoms with Crippen LogP contribution in [0.3, 0.4) is 0 Å². The Kier molecular flexibility index (Phi) is 3.79. The molecule has 2 rings (SSSR count). The lowest BCUT2D eigenvalue weighted by molar-refractivity contribution is -0.137. The molecule has 0 saturated carbocycles. The fourth-order valence-corrected chi connectivity index (χ4v) is 1.61. The largest absolute Gasteiger partial charge is 0.478 e. The van der Waals surface area contributed by atoms with E-state index in [1.807, 2.05) is 0 Å². The monoisotopic (exact) mass is 300 g/mol. The Morgan fingerprint density at radius 1 is 1.24 bits per heavy atom. The quantitative estimate of drug-likeness (QED) is 0.849. The zero-order chi connectivity index (χ0) is 15.6. The SMILES string of the molecule is O=C(O)c1ccnc(Nc2cccc(C(F)(F)F)c2)c1F. The normalized spacial score (nSPS) is 11.2. The summed E-state index contributed by atoms with van der Waals surface area (Å²) in [5, 5.41) is 11.1. The standard InChI is InChI=1S/C13H8F4N2O2/c14-10-9(12(20)21)4-5-18-11(10)19-8-3-1-2-7(6-8)13(15,16)17/h1-6H,(H,18,19)(H,20,21). The summed E-state index contributed by atoms with van der Waals surface area (Å²) in [6, 6.07) is 5.01. The number of halogens is 4. The van der Waals surface area contributed by atoms with E-state index in [0.717, 1.165) is 30.5 Å². The van der Waals surface area contributed by atoms with E-state index in [-0.39, 0.29) is 5.69 Å². The third-order valence-electron chi connectivity index (χ3n) is 2.57. The molecule has 1 aromatic heterocycles. The molecule has 0 aliphatic rings. The molecule has 110 valence electrons. The summed E-state index contributed by atoms with van der Waals surface area (Å²) in [5.41, 5.74) is -1.60. The van der Waals surface area contributed by atoms with Crippen molar-refractivity contribution in [1.29, 1.82) is 0 Å². The second-order valence-electron chi connectivity index (χ2n) is 4.03. The van der Waals surface area contributed by atoms with Gasteiger partial charge in [0.2, 0.25) is 0 Å². The molecule has 0 aliphatic carbocycles. The van der Waals surface area contributed by atoms with Gasteiger partial charge in [0.05, 0.1) is 5.56 Å². The number of hydrogen-bond acceptors (Lipinski definition) is 3. The maximum atomic E-state index is 13.8. The molecule has 1 heterocycles. The molecule has 0 unspecified atom stereocenters. The van der Waals surface area contributed by atoms with Gasteiger partial charge in [0.1, 0.15) is 5.56 Å². The molecule has 0 atom stereocenters. The lowest BCUT2D eigenvalue weighted by Gasteiger charge is -2.11. The number of nitrogens with one attached hydrogen (secondary N) is 1. The number of anilines is 2. The number of carboxylic acid groups (broad SMARTS) is 1. The second kappa shape index (κ2) is 5.39. The van der Waals surface area contributed by atoms with Gasteiger partial charge in [0, 0.05) is 11.9 Å². The first-order chi connectivity index (χ1) is 9.79. The Morgan fingerprint density at radius 3 is 2.57 bits per heavy atom. The minimum absolute atomic E-state index is 0.0567. The molecule has 0 bridgehead atoms. The summed E-state index contributed by atoms with van der Waals surface area (Å²) in [6.07, 6.45) is -3.49. The number of benzene rings is 1. The van der Waals surface area contributed by atoms with E-state index in [1.54, 1.807) is 0 Å². The van der Waals surface area contributed by atoms with Gasteiger partial charge < -0.3 is 10.4 Å². The van der Waals surface area contributed by atoms with Crippen LogP contribution in [-0.4, -0.2) is 16.1 Å². The molecular weight excluding hydrogens is 292 g/mol. The third kappa shape index (κ3) is 3.28. The van der Waals surface area contributed by atoms with E-state index in [9.17, 15) is 22.4 Å². The number of rotatable bonds is 3. The lowest BCUT2D eigenvalue weighted by Crippen LogP contribution is -2.07. The average Bonchev–Trinajstić information content (AvgIpc) is 2.40. The van der Waals surface area contributed by atoms with Gasteiger partial charge in [-0.05, 0) is 24.3 Å². The van der Waals surface area contributed by atoms with E-state index in [1.165, 1.54) is 6.07 Å². The number of nitrogens with zero attached hydrogens (tertiary/aromatic N) is 1. The summed E-state index contributed by atoms with van der Waals surface area (Å²) in [6.45, 7) is 0. The Morgan fingerprint density at radius 2 is 1.95 bits per heavy atom. The van der Waals surface area contributed by atoms with Crippen molar-refractivity contribution in [1.82, 2.24) is 4.98 Å². The van der Waals surface area contributed by atoms with Gasteiger partial charge in [-0.15, -0.1) is 0 Å². The number of pyridine rings is 1. The highest BCUT2D eigenvalue weighted by atomic mass is 19.4. The van der Waals surface area contributed by atoms with Crippen LogP contribution in [0.25, 0.3) is 0 Å². The average molecular weight is 300 g/mol. The summed E-state index contributed by atoms with van der Waals surface area (Å²) in [7, 11) is 0. The van der Waals surface area contributed by atoms with Crippen LogP contribution in [0.4, 0.5) is 29.1 Å². The number of aromatic carboxylic acids is 1. The van der Waals surface area contributed by atoms with Gasteiger partial charge in [0.15, 0.2) is 11.6 Å². The molecule has 4 nitrogen and oxygen atoms in total. The van der Waals surface area contributed by atoms with Gasteiger partial charge in [-0.25, -0.2) is 14.2 Å². The Labute approximate surface area is 116 Å². The first-order valence-corrected chi connectivity index (χ1v) is 5.61. The first-order valence-electron chi connectivity index (χ1n) is 5.61. The van der Waals surface area contributed by atoms with Gasteiger partial charge in [0.25, 0.3) is 0 Å². The summed E-state index contributed by atoms with van der Waals surface area (Å²) >= 11 is 0. The zero-order valence-corrected chi connectivity index (χ0v) is 10.3. The molecule has 0 aliphatic heterocycles. The van der Waals surface area contributed by atoms with E-state index < -0.39 is 34.9 Å². The van der Waals surface area contributed by atoms with Crippen molar-refractivity contribution in [2.75, 3.05) is 5.32 Å². The third-order valence-corrected chi connectivity index (χ3v) is 2.57. The predicted molar refractivity (Wildman–Crippen MR) is 65.9 cm³/mol. The zero-order valence-electron chi connectivity index (χ0n) is 10.3. The van der Waals surface area contributed by atoms with Crippen LogP contribution in [0, 0.1) is 5.82 Å². The smallest absolute Gasteiger partial charge is 0.416 e. The fraction of sp³-hybridized carbons (Fsp3) is 0.0769. The molecule has 21 heavy (non-hydrogen) atoms. The molecule has 2 aromatic rings. The second-order valence-corrected chi connectivity index (χ2v) is 4.03. The van der Waals surface area contributed by atoms with Crippen molar-refractivity contribution >= 4 is 17.5 Å². The van der Waals surface area contributed by atoms with Crippen molar-refractivity contribution in [2.24, 2.45) is 0 Å². The van der Waals surface area contributed by atoms with Gasteiger partial charge in [-0.3, -0.25) is 0 Å². The summed E-state index contributed by atoms with van der Waals surface area (Å²) in [5.74, 6) is -3.11. The van der Waals surface area contributed by atoms with Crippen molar-refractivity contribution < 1.29 is 27.5 Å². The highest BCUT2D eigenvalue weighted by molar-refractivity contribution is 5.89. The minimum atomic E-state index is -4.54. The highest BCUT2D eigenvalue weighted by Crippen LogP contribution is 2.31. The summed E-state index contributed by atoms with van der Waals surface area (Å²) < 4.78 is 51.5. The van der Waals surface area contributed by atoms with E-state index in [4.69, 9.17) is 5.11 Å². The number of alkyl halides is 3. The molecular formula is C13H8F4N2O2. The molecule has 1 aromatic carbocycles. The summed E-state index contributed by atoms with van der Waals surface area (Å²) in [4.78, 5) is 14.3. The van der Waals surface area contributed by atoms with Crippen molar-refractivity contribution in [3.8, 4) is 0 Å². The maximum absolute atomic E-state index is 13.8. The highest BCUT2D eigenvalue weighted by Gasteiger charge is 2.30. The van der Waals surface area contributed by atoms with Crippen LogP contribution in [0.5, 0.6) is 0 Å². The van der Waals surface area contributed by atoms with Crippen LogP contribution < -0.4 is 5.32 Å². The molecule has 2 N–H and O–H groups in total. The fourth-order valence-electron chi connectivity index (χ4n) is 1.61. The molecule has 0 spiro atoms. The van der Waals surface area contributed by atoms with Crippen molar-refractivity contribution in [3.63, 3.8) is 0 Å². The van der Waals surface area contributed by atoms with Gasteiger partial charge >= 0.3 is 12.1 Å². The van der Waals surface area contributed by atoms with Crippen molar-refractivity contribution in [2.45, 2.75) is 6.18 Å². The molecule has 8 heteroatoms. The van der Waals surface area contributed by atoms with Gasteiger partial charge in [-0.2, -0.15) is 13.2 Å². The van der Waals surface area contributed by atoms with E-state index in [2.05, 4.69) is 10.3 Å². The maximum Gasteiger partial charge on any atom is 0.416 e. The van der Waals surface area contributed by atoms with Gasteiger partial charge in [-0.1, -0.05) is 6.07 Å². The minimum Gasteiger partial charge on any atom is -0.478 e. The predicted octanol–water partition coefficient (Wildman–Crippen LogP) is 3.68. The Hall–Kier alpha value is -2.64. The van der Waals surface area contributed by atoms with Crippen molar-refractivity contribution in [3.05, 3.63) is 53.5 Å². The Balaban J connectivity index is 2.35. The van der Waals surface area contributed by atoms with Crippen LogP contribution in [0.2, 0.25) is 0 Å². The van der Waals surface area contributed by atoms with Crippen LogP contribution in [0.1, 0.15) is 15.9 Å². The van der Waals surface area contributed by atoms with E-state index >= 15 is 0 Å². The number of hydrogen-bond donors (Lipinski definition) is 2. The molecule has 0 fully saturated rings.